The first-order chi connectivity index (χ1) is 12.2. The van der Waals surface area contributed by atoms with Gasteiger partial charge in [0.2, 0.25) is 0 Å². The van der Waals surface area contributed by atoms with E-state index in [2.05, 4.69) is 11.8 Å². The van der Waals surface area contributed by atoms with Gasteiger partial charge in [0.1, 0.15) is 22.7 Å². The lowest BCUT2D eigenvalue weighted by atomic mass is 9.98. The highest BCUT2D eigenvalue weighted by Gasteiger charge is 2.27. The van der Waals surface area contributed by atoms with Gasteiger partial charge in [0.25, 0.3) is 0 Å². The molecule has 0 spiro atoms. The molecule has 0 saturated carbocycles. The molecule has 1 fully saturated rings. The molecule has 144 valence electrons. The summed E-state index contributed by atoms with van der Waals surface area (Å²) in [5.41, 5.74) is -0.382. The van der Waals surface area contributed by atoms with Crippen LogP contribution in [-0.2, 0) is 9.53 Å². The van der Waals surface area contributed by atoms with E-state index in [0.29, 0.717) is 18.0 Å². The van der Waals surface area contributed by atoms with Crippen LogP contribution in [0.4, 0.5) is 0 Å². The lowest BCUT2D eigenvalue weighted by Crippen LogP contribution is -2.39. The summed E-state index contributed by atoms with van der Waals surface area (Å²) >= 11 is 0. The average molecular weight is 363 g/mol. The molecule has 6 heteroatoms. The van der Waals surface area contributed by atoms with E-state index in [1.165, 1.54) is 13.2 Å². The summed E-state index contributed by atoms with van der Waals surface area (Å²) in [4.78, 5) is 27.2. The number of methoxy groups -OCH3 is 1. The Morgan fingerprint density at radius 2 is 2.00 bits per heavy atom. The fourth-order valence-electron chi connectivity index (χ4n) is 2.98. The Hall–Kier alpha value is -2.08. The van der Waals surface area contributed by atoms with E-state index in [1.807, 2.05) is 0 Å². The fourth-order valence-corrected chi connectivity index (χ4v) is 2.98. The van der Waals surface area contributed by atoms with Gasteiger partial charge in [0.15, 0.2) is 0 Å². The second-order valence-electron chi connectivity index (χ2n) is 7.52. The highest BCUT2D eigenvalue weighted by Crippen LogP contribution is 2.27. The summed E-state index contributed by atoms with van der Waals surface area (Å²) in [5.74, 6) is -0.208. The molecule has 0 aromatic heterocycles. The number of carbonyl (C=O) groups is 2. The third kappa shape index (κ3) is 5.46. The molecule has 6 nitrogen and oxygen atoms in total. The normalized spacial score (nSPS) is 18.3. The first-order valence-corrected chi connectivity index (χ1v) is 9.09. The van der Waals surface area contributed by atoms with Gasteiger partial charge in [-0.25, -0.2) is 4.79 Å². The number of hydrogen-bond donors (Lipinski definition) is 0. The number of likely N-dealkylation sites (tertiary alicyclic amines) is 1. The SMILES string of the molecule is CCN1CCCC(C(=O)Oc2ccc(OC)c(C(=O)OC(C)(C)C)c2)C1. The summed E-state index contributed by atoms with van der Waals surface area (Å²) in [7, 11) is 1.48. The van der Waals surface area contributed by atoms with Crippen LogP contribution in [-0.4, -0.2) is 49.2 Å². The van der Waals surface area contributed by atoms with Crippen LogP contribution in [0.1, 0.15) is 50.9 Å². The molecule has 0 N–H and O–H groups in total. The van der Waals surface area contributed by atoms with Crippen molar-refractivity contribution in [2.24, 2.45) is 5.92 Å². The number of ether oxygens (including phenoxy) is 3. The zero-order valence-electron chi connectivity index (χ0n) is 16.3. The molecule has 1 aliphatic heterocycles. The van der Waals surface area contributed by atoms with Crippen LogP contribution < -0.4 is 9.47 Å². The Labute approximate surface area is 155 Å². The van der Waals surface area contributed by atoms with Gasteiger partial charge in [0.05, 0.1) is 13.0 Å². The number of hydrogen-bond acceptors (Lipinski definition) is 6. The molecular weight excluding hydrogens is 334 g/mol. The molecule has 1 atom stereocenters. The smallest absolute Gasteiger partial charge is 0.342 e. The van der Waals surface area contributed by atoms with Gasteiger partial charge in [-0.15, -0.1) is 0 Å². The number of rotatable bonds is 5. The Kier molecular flexibility index (Phi) is 6.64. The zero-order chi connectivity index (χ0) is 19.3. The summed E-state index contributed by atoms with van der Waals surface area (Å²) in [6.07, 6.45) is 1.81. The van der Waals surface area contributed by atoms with Crippen molar-refractivity contribution in [1.29, 1.82) is 0 Å². The van der Waals surface area contributed by atoms with Crippen LogP contribution in [0.3, 0.4) is 0 Å². The van der Waals surface area contributed by atoms with Crippen LogP contribution in [0.15, 0.2) is 18.2 Å². The first kappa shape index (κ1) is 20.2. The minimum atomic E-state index is -0.625. The van der Waals surface area contributed by atoms with Crippen molar-refractivity contribution >= 4 is 11.9 Å². The number of nitrogens with zero attached hydrogens (tertiary/aromatic N) is 1. The molecule has 0 radical (unpaired) electrons. The second-order valence-corrected chi connectivity index (χ2v) is 7.52. The van der Waals surface area contributed by atoms with Crippen molar-refractivity contribution < 1.29 is 23.8 Å². The summed E-state index contributed by atoms with van der Waals surface area (Å²) < 4.78 is 16.2. The highest BCUT2D eigenvalue weighted by molar-refractivity contribution is 5.93. The van der Waals surface area contributed by atoms with E-state index in [9.17, 15) is 9.59 Å². The van der Waals surface area contributed by atoms with Gasteiger partial charge < -0.3 is 19.1 Å². The summed E-state index contributed by atoms with van der Waals surface area (Å²) in [5, 5.41) is 0. The number of carbonyl (C=O) groups excluding carboxylic acids is 2. The van der Waals surface area contributed by atoms with Crippen molar-refractivity contribution in [1.82, 2.24) is 4.90 Å². The van der Waals surface area contributed by atoms with E-state index < -0.39 is 11.6 Å². The van der Waals surface area contributed by atoms with Gasteiger partial charge in [-0.3, -0.25) is 4.79 Å². The lowest BCUT2D eigenvalue weighted by Gasteiger charge is -2.30. The van der Waals surface area contributed by atoms with E-state index in [1.54, 1.807) is 32.9 Å². The van der Waals surface area contributed by atoms with E-state index in [0.717, 1.165) is 25.9 Å². The fraction of sp³-hybridized carbons (Fsp3) is 0.600. The quantitative estimate of drug-likeness (QED) is 0.591. The highest BCUT2D eigenvalue weighted by atomic mass is 16.6. The Balaban J connectivity index is 2.13. The molecule has 2 rings (SSSR count). The number of piperidine rings is 1. The van der Waals surface area contributed by atoms with Gasteiger partial charge in [-0.1, -0.05) is 6.92 Å². The van der Waals surface area contributed by atoms with Crippen molar-refractivity contribution in [3.63, 3.8) is 0 Å². The minimum Gasteiger partial charge on any atom is -0.496 e. The van der Waals surface area contributed by atoms with Crippen LogP contribution in [0.25, 0.3) is 0 Å². The minimum absolute atomic E-state index is 0.143. The number of benzene rings is 1. The van der Waals surface area contributed by atoms with Gasteiger partial charge in [0, 0.05) is 6.54 Å². The molecule has 0 amide bonds. The maximum atomic E-state index is 12.5. The zero-order valence-corrected chi connectivity index (χ0v) is 16.3. The van der Waals surface area contributed by atoms with Crippen molar-refractivity contribution in [3.05, 3.63) is 23.8 Å². The predicted octanol–water partition coefficient (Wildman–Crippen LogP) is 3.29. The molecule has 0 aliphatic carbocycles. The molecule has 26 heavy (non-hydrogen) atoms. The summed E-state index contributed by atoms with van der Waals surface area (Å²) in [6.45, 7) is 10.1. The monoisotopic (exact) mass is 363 g/mol. The topological polar surface area (TPSA) is 65.1 Å². The number of esters is 2. The van der Waals surface area contributed by atoms with E-state index in [-0.39, 0.29) is 17.5 Å². The molecule has 1 aliphatic rings. The largest absolute Gasteiger partial charge is 0.496 e. The molecule has 1 saturated heterocycles. The molecular formula is C20H29NO5. The molecule has 1 unspecified atom stereocenters. The second kappa shape index (κ2) is 8.54. The average Bonchev–Trinajstić information content (AvgIpc) is 2.60. The van der Waals surface area contributed by atoms with Crippen molar-refractivity contribution in [2.75, 3.05) is 26.7 Å². The summed E-state index contributed by atoms with van der Waals surface area (Å²) in [6, 6.07) is 4.75. The standard InChI is InChI=1S/C20H29NO5/c1-6-21-11-7-8-14(13-21)18(22)25-15-9-10-17(24-5)16(12-15)19(23)26-20(2,3)4/h9-10,12,14H,6-8,11,13H2,1-5H3. The maximum Gasteiger partial charge on any atom is 0.342 e. The van der Waals surface area contributed by atoms with E-state index in [4.69, 9.17) is 14.2 Å². The van der Waals surface area contributed by atoms with Crippen LogP contribution in [0.2, 0.25) is 0 Å². The van der Waals surface area contributed by atoms with Crippen molar-refractivity contribution in [3.8, 4) is 11.5 Å². The van der Waals surface area contributed by atoms with Crippen LogP contribution in [0.5, 0.6) is 11.5 Å². The molecule has 1 heterocycles. The first-order valence-electron chi connectivity index (χ1n) is 9.09. The maximum absolute atomic E-state index is 12.5. The predicted molar refractivity (Wildman–Crippen MR) is 98.6 cm³/mol. The lowest BCUT2D eigenvalue weighted by molar-refractivity contribution is -0.140. The molecule has 1 aromatic rings. The van der Waals surface area contributed by atoms with Crippen LogP contribution in [0, 0.1) is 5.92 Å². The Morgan fingerprint density at radius 1 is 1.27 bits per heavy atom. The van der Waals surface area contributed by atoms with E-state index >= 15 is 0 Å². The third-order valence-electron chi connectivity index (χ3n) is 4.29. The third-order valence-corrected chi connectivity index (χ3v) is 4.29. The van der Waals surface area contributed by atoms with Gasteiger partial charge in [-0.05, 0) is 64.9 Å². The van der Waals surface area contributed by atoms with Crippen molar-refractivity contribution in [2.45, 2.75) is 46.1 Å². The molecule has 1 aromatic carbocycles. The van der Waals surface area contributed by atoms with Crippen LogP contribution >= 0.6 is 0 Å². The molecule has 0 bridgehead atoms. The Bertz CT molecular complexity index is 650. The van der Waals surface area contributed by atoms with Gasteiger partial charge >= 0.3 is 11.9 Å². The van der Waals surface area contributed by atoms with Gasteiger partial charge in [-0.2, -0.15) is 0 Å². The Morgan fingerprint density at radius 3 is 2.62 bits per heavy atom.